The Hall–Kier alpha value is -3.20. The predicted octanol–water partition coefficient (Wildman–Crippen LogP) is 3.12. The molecule has 3 rings (SSSR count). The van der Waals surface area contributed by atoms with Crippen molar-refractivity contribution in [2.75, 3.05) is 25.5 Å². The van der Waals surface area contributed by atoms with E-state index in [1.807, 2.05) is 39.0 Å². The van der Waals surface area contributed by atoms with Crippen LogP contribution in [0.4, 0.5) is 10.5 Å². The van der Waals surface area contributed by atoms with Gasteiger partial charge in [-0.2, -0.15) is 0 Å². The lowest BCUT2D eigenvalue weighted by atomic mass is 10.0. The Balaban J connectivity index is 1.65. The predicted molar refractivity (Wildman–Crippen MR) is 125 cm³/mol. The summed E-state index contributed by atoms with van der Waals surface area (Å²) in [6.07, 6.45) is 4.99. The lowest BCUT2D eigenvalue weighted by Gasteiger charge is -2.34. The van der Waals surface area contributed by atoms with Crippen molar-refractivity contribution in [1.82, 2.24) is 14.9 Å². The van der Waals surface area contributed by atoms with E-state index >= 15 is 0 Å². The number of primary amides is 1. The molecule has 3 heterocycles. The number of piperidine rings is 1. The summed E-state index contributed by atoms with van der Waals surface area (Å²) >= 11 is 0. The lowest BCUT2D eigenvalue weighted by molar-refractivity contribution is 0.0210. The molecule has 0 aromatic carbocycles. The van der Waals surface area contributed by atoms with E-state index in [1.54, 1.807) is 18.2 Å². The SMILES string of the molecule is COCc1ccc(Cc2cc(NC3CCN(C(=O)OC(C)(C)C)CC3)c(C(N)=O)cn2)nc1. The van der Waals surface area contributed by atoms with Gasteiger partial charge in [-0.25, -0.2) is 4.79 Å². The van der Waals surface area contributed by atoms with Crippen LogP contribution < -0.4 is 11.1 Å². The fraction of sp³-hybridized carbons (Fsp3) is 0.500. The summed E-state index contributed by atoms with van der Waals surface area (Å²) in [6, 6.07) is 5.87. The van der Waals surface area contributed by atoms with E-state index in [0.29, 0.717) is 37.4 Å². The second-order valence-electron chi connectivity index (χ2n) is 9.24. The summed E-state index contributed by atoms with van der Waals surface area (Å²) in [6.45, 7) is 7.24. The Morgan fingerprint density at radius 3 is 2.42 bits per heavy atom. The van der Waals surface area contributed by atoms with Crippen molar-refractivity contribution in [2.45, 2.75) is 58.3 Å². The molecule has 33 heavy (non-hydrogen) atoms. The van der Waals surface area contributed by atoms with Crippen LogP contribution in [0, 0.1) is 0 Å². The fourth-order valence-corrected chi connectivity index (χ4v) is 3.66. The van der Waals surface area contributed by atoms with Crippen LogP contribution in [0.25, 0.3) is 0 Å². The third kappa shape index (κ3) is 7.15. The average Bonchev–Trinajstić information content (AvgIpc) is 2.74. The van der Waals surface area contributed by atoms with Gasteiger partial charge in [-0.3, -0.25) is 14.8 Å². The first-order valence-corrected chi connectivity index (χ1v) is 11.1. The number of nitrogens with one attached hydrogen (secondary N) is 1. The van der Waals surface area contributed by atoms with Crippen LogP contribution in [0.1, 0.15) is 60.9 Å². The van der Waals surface area contributed by atoms with Crippen LogP contribution in [-0.4, -0.2) is 58.7 Å². The van der Waals surface area contributed by atoms with Gasteiger partial charge in [0.05, 0.1) is 17.9 Å². The van der Waals surface area contributed by atoms with Gasteiger partial charge < -0.3 is 25.4 Å². The Kier molecular flexibility index (Phi) is 7.86. The van der Waals surface area contributed by atoms with Gasteiger partial charge in [0, 0.05) is 56.4 Å². The number of amides is 2. The molecule has 1 saturated heterocycles. The van der Waals surface area contributed by atoms with Crippen molar-refractivity contribution < 1.29 is 19.1 Å². The number of nitrogens with zero attached hydrogens (tertiary/aromatic N) is 3. The molecule has 2 aromatic rings. The largest absolute Gasteiger partial charge is 0.444 e. The molecule has 1 aliphatic rings. The number of likely N-dealkylation sites (tertiary alicyclic amines) is 1. The smallest absolute Gasteiger partial charge is 0.410 e. The second-order valence-corrected chi connectivity index (χ2v) is 9.24. The molecule has 2 amide bonds. The molecule has 0 bridgehead atoms. The zero-order chi connectivity index (χ0) is 24.0. The van der Waals surface area contributed by atoms with Crippen LogP contribution in [-0.2, 0) is 22.5 Å². The number of anilines is 1. The summed E-state index contributed by atoms with van der Waals surface area (Å²) in [4.78, 5) is 34.8. The number of hydrogen-bond acceptors (Lipinski definition) is 7. The van der Waals surface area contributed by atoms with Gasteiger partial charge in [-0.1, -0.05) is 6.07 Å². The van der Waals surface area contributed by atoms with Crippen molar-refractivity contribution in [1.29, 1.82) is 0 Å². The van der Waals surface area contributed by atoms with E-state index in [1.165, 1.54) is 6.20 Å². The minimum absolute atomic E-state index is 0.100. The maximum Gasteiger partial charge on any atom is 0.410 e. The molecular formula is C24H33N5O4. The molecule has 0 atom stereocenters. The molecule has 1 fully saturated rings. The van der Waals surface area contributed by atoms with Crippen molar-refractivity contribution in [3.63, 3.8) is 0 Å². The van der Waals surface area contributed by atoms with Gasteiger partial charge in [0.2, 0.25) is 0 Å². The lowest BCUT2D eigenvalue weighted by Crippen LogP contribution is -2.44. The molecule has 9 nitrogen and oxygen atoms in total. The molecule has 178 valence electrons. The number of ether oxygens (including phenoxy) is 2. The highest BCUT2D eigenvalue weighted by atomic mass is 16.6. The number of carbonyl (C=O) groups excluding carboxylic acids is 2. The number of aromatic nitrogens is 2. The molecule has 2 aromatic heterocycles. The topological polar surface area (TPSA) is 120 Å². The Morgan fingerprint density at radius 1 is 1.15 bits per heavy atom. The van der Waals surface area contributed by atoms with E-state index in [-0.39, 0.29) is 12.1 Å². The zero-order valence-corrected chi connectivity index (χ0v) is 19.8. The first-order valence-electron chi connectivity index (χ1n) is 11.1. The molecule has 1 aliphatic heterocycles. The average molecular weight is 456 g/mol. The fourth-order valence-electron chi connectivity index (χ4n) is 3.66. The highest BCUT2D eigenvalue weighted by molar-refractivity contribution is 5.98. The molecule has 9 heteroatoms. The molecule has 0 unspecified atom stereocenters. The Bertz CT molecular complexity index is 964. The second kappa shape index (κ2) is 10.6. The maximum absolute atomic E-state index is 12.3. The minimum Gasteiger partial charge on any atom is -0.444 e. The molecule has 3 N–H and O–H groups in total. The third-order valence-corrected chi connectivity index (χ3v) is 5.29. The van der Waals surface area contributed by atoms with Crippen LogP contribution in [0.3, 0.4) is 0 Å². The van der Waals surface area contributed by atoms with Crippen molar-refractivity contribution in [2.24, 2.45) is 5.73 Å². The normalized spacial score (nSPS) is 14.7. The summed E-state index contributed by atoms with van der Waals surface area (Å²) in [5.74, 6) is -0.537. The summed E-state index contributed by atoms with van der Waals surface area (Å²) in [5, 5.41) is 3.43. The van der Waals surface area contributed by atoms with Gasteiger partial charge in [-0.05, 0) is 51.3 Å². The molecule has 0 spiro atoms. The Morgan fingerprint density at radius 2 is 1.85 bits per heavy atom. The number of methoxy groups -OCH3 is 1. The molecule has 0 aliphatic carbocycles. The first kappa shape index (κ1) is 24.4. The standard InChI is InChI=1S/C24H33N5O4/c1-24(2,3)33-23(31)29-9-7-17(8-10-29)28-21-12-19(27-14-20(21)22(25)30)11-18-6-5-16(13-26-18)15-32-4/h5-6,12-14,17H,7-11,15H2,1-4H3,(H2,25,30)(H,27,28). The zero-order valence-electron chi connectivity index (χ0n) is 19.8. The van der Waals surface area contributed by atoms with Gasteiger partial charge in [0.25, 0.3) is 5.91 Å². The van der Waals surface area contributed by atoms with Gasteiger partial charge in [0.15, 0.2) is 0 Å². The highest BCUT2D eigenvalue weighted by Crippen LogP contribution is 2.23. The molecule has 0 saturated carbocycles. The Labute approximate surface area is 194 Å². The third-order valence-electron chi connectivity index (χ3n) is 5.29. The summed E-state index contributed by atoms with van der Waals surface area (Å²) in [5.41, 5.74) is 8.70. The monoisotopic (exact) mass is 455 g/mol. The molecule has 0 radical (unpaired) electrons. The van der Waals surface area contributed by atoms with E-state index in [9.17, 15) is 9.59 Å². The number of hydrogen-bond donors (Lipinski definition) is 2. The number of pyridine rings is 2. The first-order chi connectivity index (χ1) is 15.6. The van der Waals surface area contributed by atoms with Gasteiger partial charge in [-0.15, -0.1) is 0 Å². The van der Waals surface area contributed by atoms with Crippen molar-refractivity contribution >= 4 is 17.7 Å². The van der Waals surface area contributed by atoms with Crippen LogP contribution in [0.5, 0.6) is 0 Å². The van der Waals surface area contributed by atoms with E-state index in [0.717, 1.165) is 29.8 Å². The van der Waals surface area contributed by atoms with E-state index < -0.39 is 11.5 Å². The number of rotatable bonds is 7. The number of nitrogens with two attached hydrogens (primary N) is 1. The minimum atomic E-state index is -0.537. The van der Waals surface area contributed by atoms with Crippen LogP contribution in [0.2, 0.25) is 0 Å². The van der Waals surface area contributed by atoms with Crippen LogP contribution >= 0.6 is 0 Å². The number of carbonyl (C=O) groups is 2. The van der Waals surface area contributed by atoms with Gasteiger partial charge in [0.1, 0.15) is 5.60 Å². The van der Waals surface area contributed by atoms with Crippen molar-refractivity contribution in [3.05, 3.63) is 53.1 Å². The summed E-state index contributed by atoms with van der Waals surface area (Å²) in [7, 11) is 1.65. The van der Waals surface area contributed by atoms with Crippen LogP contribution in [0.15, 0.2) is 30.6 Å². The van der Waals surface area contributed by atoms with E-state index in [2.05, 4.69) is 15.3 Å². The maximum atomic E-state index is 12.3. The van der Waals surface area contributed by atoms with Gasteiger partial charge >= 0.3 is 6.09 Å². The quantitative estimate of drug-likeness (QED) is 0.658. The van der Waals surface area contributed by atoms with Crippen molar-refractivity contribution in [3.8, 4) is 0 Å². The van der Waals surface area contributed by atoms with E-state index in [4.69, 9.17) is 15.2 Å². The summed E-state index contributed by atoms with van der Waals surface area (Å²) < 4.78 is 10.6. The highest BCUT2D eigenvalue weighted by Gasteiger charge is 2.27. The molecular weight excluding hydrogens is 422 g/mol.